The Hall–Kier alpha value is -4.09. The number of nitrogens with one attached hydrogen (secondary N) is 1. The van der Waals surface area contributed by atoms with Crippen LogP contribution < -0.4 is 15.1 Å². The van der Waals surface area contributed by atoms with E-state index in [0.717, 1.165) is 18.2 Å². The fourth-order valence-electron chi connectivity index (χ4n) is 3.85. The topological polar surface area (TPSA) is 125 Å². The number of nitrogens with zero attached hydrogens (tertiary/aromatic N) is 3. The SMILES string of the molecule is C=C1C=CC=NC(Oc2cc3oc(=O)c(Cc4ccnc([N-]S(=O)(=O)NC)c4F)c(CC)c3cc2C)=C1. The van der Waals surface area contributed by atoms with Gasteiger partial charge >= 0.3 is 5.63 Å². The molecule has 0 saturated carbocycles. The zero-order valence-electron chi connectivity index (χ0n) is 20.4. The molecule has 0 unspecified atom stereocenters. The molecule has 0 saturated heterocycles. The van der Waals surface area contributed by atoms with Crippen molar-refractivity contribution in [1.82, 2.24) is 9.71 Å². The van der Waals surface area contributed by atoms with E-state index < -0.39 is 27.5 Å². The summed E-state index contributed by atoms with van der Waals surface area (Å²) in [4.78, 5) is 21.0. The van der Waals surface area contributed by atoms with Crippen molar-refractivity contribution < 1.29 is 22.0 Å². The van der Waals surface area contributed by atoms with E-state index in [9.17, 15) is 13.2 Å². The van der Waals surface area contributed by atoms with E-state index in [1.165, 1.54) is 12.3 Å². The predicted molar refractivity (Wildman–Crippen MR) is 140 cm³/mol. The van der Waals surface area contributed by atoms with Gasteiger partial charge in [-0.3, -0.25) is 0 Å². The van der Waals surface area contributed by atoms with Crippen molar-refractivity contribution in [3.8, 4) is 5.75 Å². The average Bonchev–Trinajstić information content (AvgIpc) is 3.06. The van der Waals surface area contributed by atoms with Gasteiger partial charge in [-0.05, 0) is 60.6 Å². The van der Waals surface area contributed by atoms with Gasteiger partial charge in [-0.1, -0.05) is 31.8 Å². The lowest BCUT2D eigenvalue weighted by atomic mass is 9.96. The molecule has 192 valence electrons. The van der Waals surface area contributed by atoms with Crippen molar-refractivity contribution in [2.24, 2.45) is 4.99 Å². The van der Waals surface area contributed by atoms with E-state index in [0.29, 0.717) is 34.6 Å². The van der Waals surface area contributed by atoms with Crippen LogP contribution in [0.15, 0.2) is 74.9 Å². The number of pyridine rings is 1. The summed E-state index contributed by atoms with van der Waals surface area (Å²) in [5.74, 6) is -0.736. The summed E-state index contributed by atoms with van der Waals surface area (Å²) in [6, 6.07) is 4.83. The second-order valence-corrected chi connectivity index (χ2v) is 9.71. The highest BCUT2D eigenvalue weighted by Gasteiger charge is 2.18. The van der Waals surface area contributed by atoms with Gasteiger partial charge in [0.15, 0.2) is 0 Å². The third kappa shape index (κ3) is 5.68. The molecule has 4 rings (SSSR count). The fraction of sp³-hybridized carbons (Fsp3) is 0.192. The maximum atomic E-state index is 15.1. The number of halogens is 1. The summed E-state index contributed by atoms with van der Waals surface area (Å²) in [5.41, 5.74) is 2.17. The molecule has 3 aromatic rings. The highest BCUT2D eigenvalue weighted by atomic mass is 32.2. The number of rotatable bonds is 8. The monoisotopic (exact) mass is 523 g/mol. The highest BCUT2D eigenvalue weighted by Crippen LogP contribution is 2.32. The zero-order chi connectivity index (χ0) is 26.7. The van der Waals surface area contributed by atoms with Crippen molar-refractivity contribution in [3.05, 3.63) is 104 Å². The number of allylic oxidation sites excluding steroid dienone is 4. The Bertz CT molecular complexity index is 1660. The lowest BCUT2D eigenvalue weighted by Gasteiger charge is -2.18. The van der Waals surface area contributed by atoms with Crippen LogP contribution in [0, 0.1) is 12.7 Å². The van der Waals surface area contributed by atoms with E-state index in [1.807, 2.05) is 24.6 Å². The summed E-state index contributed by atoms with van der Waals surface area (Å²) in [7, 11) is -2.95. The number of aromatic nitrogens is 1. The normalized spacial score (nSPS) is 13.5. The van der Waals surface area contributed by atoms with Crippen LogP contribution >= 0.6 is 0 Å². The second kappa shape index (κ2) is 10.5. The van der Waals surface area contributed by atoms with E-state index in [1.54, 1.807) is 30.5 Å². The molecule has 0 amide bonds. The number of aryl methyl sites for hydroxylation is 2. The molecule has 1 aromatic carbocycles. The van der Waals surface area contributed by atoms with Crippen LogP contribution in [0.2, 0.25) is 0 Å². The van der Waals surface area contributed by atoms with Crippen LogP contribution in [0.3, 0.4) is 0 Å². The number of aliphatic imine (C=N–C) groups is 1. The third-order valence-electron chi connectivity index (χ3n) is 5.67. The van der Waals surface area contributed by atoms with Gasteiger partial charge in [-0.2, -0.15) is 0 Å². The first kappa shape index (κ1) is 26.0. The summed E-state index contributed by atoms with van der Waals surface area (Å²) < 4.78 is 55.4. The minimum absolute atomic E-state index is 0.0603. The molecule has 0 spiro atoms. The summed E-state index contributed by atoms with van der Waals surface area (Å²) in [6.45, 7) is 7.63. The Kier molecular flexibility index (Phi) is 7.37. The number of benzene rings is 1. The molecular weight excluding hydrogens is 499 g/mol. The van der Waals surface area contributed by atoms with E-state index in [2.05, 4.69) is 21.3 Å². The number of fused-ring (bicyclic) bond motifs is 1. The standard InChI is InChI=1S/C26H24FN4O5S/c1-5-18-19-12-16(3)21(35-23-11-15(2)7-6-9-29-23)14-22(19)36-26(32)20(18)13-17-8-10-30-25(24(17)27)31-37(33,34)28-4/h6-12,14,28H,2,5,13H2,1,3-4H3/q-1. The molecule has 0 radical (unpaired) electrons. The predicted octanol–water partition coefficient (Wildman–Crippen LogP) is 4.68. The molecule has 0 fully saturated rings. The van der Waals surface area contributed by atoms with Crippen LogP contribution in [0.1, 0.15) is 29.2 Å². The molecule has 0 aliphatic carbocycles. The van der Waals surface area contributed by atoms with E-state index in [4.69, 9.17) is 9.15 Å². The largest absolute Gasteiger partial charge is 0.440 e. The minimum Gasteiger partial charge on any atom is -0.440 e. The molecule has 3 heterocycles. The van der Waals surface area contributed by atoms with Gasteiger partial charge in [-0.25, -0.2) is 27.3 Å². The smallest absolute Gasteiger partial charge is 0.340 e. The van der Waals surface area contributed by atoms with Gasteiger partial charge in [0.05, 0.1) is 0 Å². The molecule has 11 heteroatoms. The van der Waals surface area contributed by atoms with Crippen LogP contribution in [-0.4, -0.2) is 26.7 Å². The lowest BCUT2D eigenvalue weighted by molar-refractivity contribution is 0.417. The summed E-state index contributed by atoms with van der Waals surface area (Å²) in [5, 5.41) is 0.684. The van der Waals surface area contributed by atoms with Crippen LogP contribution in [0.5, 0.6) is 5.75 Å². The number of hydrogen-bond donors (Lipinski definition) is 1. The van der Waals surface area contributed by atoms with Crippen molar-refractivity contribution in [1.29, 1.82) is 0 Å². The van der Waals surface area contributed by atoms with E-state index in [-0.39, 0.29) is 17.5 Å². The molecular formula is C26H24FN4O5S-. The Balaban J connectivity index is 1.74. The van der Waals surface area contributed by atoms with Gasteiger partial charge in [0, 0.05) is 35.7 Å². The highest BCUT2D eigenvalue weighted by molar-refractivity contribution is 7.92. The lowest BCUT2D eigenvalue weighted by Crippen LogP contribution is -2.17. The van der Waals surface area contributed by atoms with Crippen LogP contribution in [-0.2, 0) is 23.1 Å². The molecule has 1 aliphatic rings. The molecule has 0 bridgehead atoms. The van der Waals surface area contributed by atoms with Crippen molar-refractivity contribution in [2.75, 3.05) is 7.05 Å². The van der Waals surface area contributed by atoms with Crippen molar-refractivity contribution >= 4 is 33.2 Å². The van der Waals surface area contributed by atoms with Crippen LogP contribution in [0.25, 0.3) is 15.7 Å². The summed E-state index contributed by atoms with van der Waals surface area (Å²) >= 11 is 0. The average molecular weight is 524 g/mol. The maximum Gasteiger partial charge on any atom is 0.340 e. The molecule has 1 N–H and O–H groups in total. The van der Waals surface area contributed by atoms with Gasteiger partial charge in [0.25, 0.3) is 0 Å². The third-order valence-corrected chi connectivity index (χ3v) is 6.60. The molecule has 0 atom stereocenters. The molecule has 37 heavy (non-hydrogen) atoms. The first-order valence-electron chi connectivity index (χ1n) is 11.3. The Morgan fingerprint density at radius 1 is 1.27 bits per heavy atom. The van der Waals surface area contributed by atoms with Gasteiger partial charge in [0.2, 0.25) is 16.1 Å². The number of ether oxygens (including phenoxy) is 1. The fourth-order valence-corrected chi connectivity index (χ4v) is 4.29. The van der Waals surface area contributed by atoms with Crippen molar-refractivity contribution in [2.45, 2.75) is 26.7 Å². The molecule has 9 nitrogen and oxygen atoms in total. The Morgan fingerprint density at radius 2 is 2.05 bits per heavy atom. The second-order valence-electron chi connectivity index (χ2n) is 8.17. The van der Waals surface area contributed by atoms with Crippen LogP contribution in [0.4, 0.5) is 10.2 Å². The van der Waals surface area contributed by atoms with E-state index >= 15 is 4.39 Å². The quantitative estimate of drug-likeness (QED) is 0.428. The van der Waals surface area contributed by atoms with Gasteiger partial charge in [-0.15, -0.1) is 0 Å². The van der Waals surface area contributed by atoms with Gasteiger partial charge in [0.1, 0.15) is 17.1 Å². The maximum absolute atomic E-state index is 15.1. The number of hydrogen-bond acceptors (Lipinski definition) is 7. The van der Waals surface area contributed by atoms with Gasteiger partial charge < -0.3 is 18.9 Å². The minimum atomic E-state index is -4.10. The van der Waals surface area contributed by atoms with Crippen molar-refractivity contribution in [3.63, 3.8) is 0 Å². The first-order chi connectivity index (χ1) is 17.6. The molecule has 2 aromatic heterocycles. The Morgan fingerprint density at radius 3 is 2.78 bits per heavy atom. The summed E-state index contributed by atoms with van der Waals surface area (Å²) in [6.07, 6.45) is 8.39. The Labute approximate surface area is 213 Å². The molecule has 1 aliphatic heterocycles. The zero-order valence-corrected chi connectivity index (χ0v) is 21.2. The first-order valence-corrected chi connectivity index (χ1v) is 12.7.